The Balaban J connectivity index is 1.43. The molecular formula is C25H25ClFN7O. The van der Waals surface area contributed by atoms with Gasteiger partial charge in [-0.25, -0.2) is 19.3 Å². The number of fused-ring (bicyclic) bond motifs is 1. The van der Waals surface area contributed by atoms with Crippen molar-refractivity contribution in [1.29, 1.82) is 0 Å². The number of ether oxygens (including phenoxy) is 1. The summed E-state index contributed by atoms with van der Waals surface area (Å²) in [6.45, 7) is 6.93. The summed E-state index contributed by atoms with van der Waals surface area (Å²) >= 11 is 6.01. The lowest BCUT2D eigenvalue weighted by molar-refractivity contribution is -0.0178. The van der Waals surface area contributed by atoms with Gasteiger partial charge >= 0.3 is 0 Å². The van der Waals surface area contributed by atoms with Gasteiger partial charge < -0.3 is 9.64 Å². The van der Waals surface area contributed by atoms with Gasteiger partial charge in [0.05, 0.1) is 36.3 Å². The lowest BCUT2D eigenvalue weighted by atomic mass is 10.1. The summed E-state index contributed by atoms with van der Waals surface area (Å²) in [6, 6.07) is 5.05. The SMILES string of the molecule is Cc1nc2nc(N3C[C@@H](C)O[C@@H](c4cnn(C5CC5)c4)C3)nc(-c3ccc(Cl)cc3F)c2nc1C. The molecular weight excluding hydrogens is 469 g/mol. The van der Waals surface area contributed by atoms with Gasteiger partial charge in [-0.15, -0.1) is 0 Å². The minimum Gasteiger partial charge on any atom is -0.367 e. The minimum atomic E-state index is -0.468. The topological polar surface area (TPSA) is 81.9 Å². The summed E-state index contributed by atoms with van der Waals surface area (Å²) in [5, 5.41) is 4.84. The number of hydrogen-bond donors (Lipinski definition) is 0. The van der Waals surface area contributed by atoms with E-state index in [1.807, 2.05) is 31.6 Å². The molecule has 0 radical (unpaired) electrons. The molecule has 1 saturated carbocycles. The van der Waals surface area contributed by atoms with Gasteiger partial charge in [0, 0.05) is 28.9 Å². The third kappa shape index (κ3) is 4.23. The van der Waals surface area contributed by atoms with Gasteiger partial charge in [0.25, 0.3) is 0 Å². The van der Waals surface area contributed by atoms with Crippen LogP contribution in [0.15, 0.2) is 30.6 Å². The number of morpholine rings is 1. The lowest BCUT2D eigenvalue weighted by Crippen LogP contribution is -2.43. The van der Waals surface area contributed by atoms with Crippen LogP contribution in [-0.4, -0.2) is 48.9 Å². The van der Waals surface area contributed by atoms with Crippen molar-refractivity contribution in [3.8, 4) is 11.3 Å². The highest BCUT2D eigenvalue weighted by Gasteiger charge is 2.32. The molecule has 0 amide bonds. The van der Waals surface area contributed by atoms with E-state index in [0.717, 1.165) is 17.0 Å². The smallest absolute Gasteiger partial charge is 0.228 e. The second-order valence-electron chi connectivity index (χ2n) is 9.39. The number of hydrogen-bond acceptors (Lipinski definition) is 7. The Labute approximate surface area is 207 Å². The van der Waals surface area contributed by atoms with Crippen LogP contribution >= 0.6 is 11.6 Å². The van der Waals surface area contributed by atoms with E-state index in [0.29, 0.717) is 52.5 Å². The van der Waals surface area contributed by atoms with Crippen molar-refractivity contribution in [2.24, 2.45) is 0 Å². The molecule has 0 N–H and O–H groups in total. The summed E-state index contributed by atoms with van der Waals surface area (Å²) in [6.07, 6.45) is 6.07. The summed E-state index contributed by atoms with van der Waals surface area (Å²) < 4.78 is 23.3. The van der Waals surface area contributed by atoms with Crippen LogP contribution < -0.4 is 4.90 Å². The fraction of sp³-hybridized carbons (Fsp3) is 0.400. The van der Waals surface area contributed by atoms with E-state index >= 15 is 0 Å². The maximum Gasteiger partial charge on any atom is 0.228 e. The van der Waals surface area contributed by atoms with Gasteiger partial charge in [-0.3, -0.25) is 4.68 Å². The molecule has 1 aromatic carbocycles. The van der Waals surface area contributed by atoms with Crippen LogP contribution in [0, 0.1) is 19.7 Å². The summed E-state index contributed by atoms with van der Waals surface area (Å²) in [4.78, 5) is 21.0. The summed E-state index contributed by atoms with van der Waals surface area (Å²) in [7, 11) is 0. The molecule has 2 aliphatic rings. The fourth-order valence-electron chi connectivity index (χ4n) is 4.47. The standard InChI is InChI=1S/C25H25ClFN7O/c1-13-10-33(12-21(35-13)16-9-28-34(11-16)18-5-6-18)25-31-22(19-7-4-17(26)8-20(19)27)23-24(32-25)30-15(3)14(2)29-23/h4,7-9,11,13,18,21H,5-6,10,12H2,1-3H3/t13-,21-/m1/s1. The highest BCUT2D eigenvalue weighted by molar-refractivity contribution is 6.30. The number of benzene rings is 1. The van der Waals surface area contributed by atoms with Crippen LogP contribution in [0.25, 0.3) is 22.4 Å². The molecule has 10 heteroatoms. The molecule has 35 heavy (non-hydrogen) atoms. The largest absolute Gasteiger partial charge is 0.367 e. The monoisotopic (exact) mass is 493 g/mol. The molecule has 4 heterocycles. The van der Waals surface area contributed by atoms with E-state index < -0.39 is 5.82 Å². The highest BCUT2D eigenvalue weighted by Crippen LogP contribution is 2.36. The molecule has 180 valence electrons. The number of aromatic nitrogens is 6. The van der Waals surface area contributed by atoms with Gasteiger partial charge in [0.1, 0.15) is 23.1 Å². The molecule has 3 aromatic heterocycles. The van der Waals surface area contributed by atoms with Gasteiger partial charge in [0.15, 0.2) is 5.65 Å². The van der Waals surface area contributed by atoms with Crippen molar-refractivity contribution < 1.29 is 9.13 Å². The first kappa shape index (κ1) is 22.3. The quantitative estimate of drug-likeness (QED) is 0.396. The number of anilines is 1. The molecule has 0 unspecified atom stereocenters. The number of nitrogens with zero attached hydrogens (tertiary/aromatic N) is 7. The molecule has 4 aromatic rings. The molecule has 2 atom stereocenters. The number of aryl methyl sites for hydroxylation is 2. The van der Waals surface area contributed by atoms with Crippen LogP contribution in [0.3, 0.4) is 0 Å². The summed E-state index contributed by atoms with van der Waals surface area (Å²) in [5.74, 6) is -0.00155. The molecule has 1 aliphatic carbocycles. The third-order valence-corrected chi connectivity index (χ3v) is 6.81. The van der Waals surface area contributed by atoms with Crippen molar-refractivity contribution >= 4 is 28.7 Å². The first-order chi connectivity index (χ1) is 16.9. The van der Waals surface area contributed by atoms with Crippen LogP contribution in [0.1, 0.15) is 48.9 Å². The Kier molecular flexibility index (Phi) is 5.41. The van der Waals surface area contributed by atoms with Gasteiger partial charge in [-0.1, -0.05) is 11.6 Å². The normalized spacial score (nSPS) is 20.5. The zero-order valence-electron chi connectivity index (χ0n) is 19.7. The molecule has 6 rings (SSSR count). The van der Waals surface area contributed by atoms with Crippen molar-refractivity contribution in [3.05, 3.63) is 58.4 Å². The lowest BCUT2D eigenvalue weighted by Gasteiger charge is -2.36. The predicted octanol–water partition coefficient (Wildman–Crippen LogP) is 4.99. The van der Waals surface area contributed by atoms with E-state index in [2.05, 4.69) is 26.2 Å². The minimum absolute atomic E-state index is 0.0566. The predicted molar refractivity (Wildman–Crippen MR) is 131 cm³/mol. The average molecular weight is 494 g/mol. The summed E-state index contributed by atoms with van der Waals surface area (Å²) in [5.41, 5.74) is 4.14. The Morgan fingerprint density at radius 2 is 1.86 bits per heavy atom. The van der Waals surface area contributed by atoms with Crippen molar-refractivity contribution in [2.45, 2.75) is 51.9 Å². The molecule has 1 saturated heterocycles. The third-order valence-electron chi connectivity index (χ3n) is 6.57. The Hall–Kier alpha value is -3.17. The molecule has 0 bridgehead atoms. The number of rotatable bonds is 4. The second-order valence-corrected chi connectivity index (χ2v) is 9.82. The van der Waals surface area contributed by atoms with Crippen molar-refractivity contribution in [3.63, 3.8) is 0 Å². The molecule has 8 nitrogen and oxygen atoms in total. The van der Waals surface area contributed by atoms with Crippen LogP contribution in [-0.2, 0) is 4.74 Å². The van der Waals surface area contributed by atoms with Crippen molar-refractivity contribution in [1.82, 2.24) is 29.7 Å². The number of halogens is 2. The first-order valence-electron chi connectivity index (χ1n) is 11.8. The maximum atomic E-state index is 15.0. The average Bonchev–Trinajstić information content (AvgIpc) is 3.55. The molecule has 0 spiro atoms. The Morgan fingerprint density at radius 3 is 2.63 bits per heavy atom. The fourth-order valence-corrected chi connectivity index (χ4v) is 4.63. The van der Waals surface area contributed by atoms with E-state index in [-0.39, 0.29) is 12.2 Å². The van der Waals surface area contributed by atoms with Gasteiger partial charge in [-0.2, -0.15) is 10.1 Å². The zero-order valence-corrected chi connectivity index (χ0v) is 20.5. The van der Waals surface area contributed by atoms with Crippen molar-refractivity contribution in [2.75, 3.05) is 18.0 Å². The van der Waals surface area contributed by atoms with Crippen LogP contribution in [0.5, 0.6) is 0 Å². The van der Waals surface area contributed by atoms with E-state index in [1.165, 1.54) is 18.9 Å². The van der Waals surface area contributed by atoms with Gasteiger partial charge in [0.2, 0.25) is 5.95 Å². The van der Waals surface area contributed by atoms with Crippen LogP contribution in [0.2, 0.25) is 5.02 Å². The maximum absolute atomic E-state index is 15.0. The Morgan fingerprint density at radius 1 is 1.06 bits per heavy atom. The highest BCUT2D eigenvalue weighted by atomic mass is 35.5. The molecule has 2 fully saturated rings. The van der Waals surface area contributed by atoms with E-state index in [9.17, 15) is 4.39 Å². The zero-order chi connectivity index (χ0) is 24.3. The Bertz CT molecular complexity index is 1440. The van der Waals surface area contributed by atoms with E-state index in [1.54, 1.807) is 12.1 Å². The first-order valence-corrected chi connectivity index (χ1v) is 12.2. The molecule has 1 aliphatic heterocycles. The van der Waals surface area contributed by atoms with Gasteiger partial charge in [-0.05, 0) is 51.8 Å². The second kappa shape index (κ2) is 8.49. The van der Waals surface area contributed by atoms with Crippen LogP contribution in [0.4, 0.5) is 10.3 Å². The van der Waals surface area contributed by atoms with E-state index in [4.69, 9.17) is 26.3 Å².